The van der Waals surface area contributed by atoms with E-state index >= 15 is 0 Å². The normalized spacial score (nSPS) is 11.4. The number of halogens is 2. The fourth-order valence-electron chi connectivity index (χ4n) is 3.03. The van der Waals surface area contributed by atoms with Crippen molar-refractivity contribution in [3.05, 3.63) is 92.9 Å². The molecule has 0 saturated carbocycles. The summed E-state index contributed by atoms with van der Waals surface area (Å²) in [6.07, 6.45) is 6.76. The van der Waals surface area contributed by atoms with Crippen molar-refractivity contribution in [1.82, 2.24) is 14.5 Å². The maximum atomic E-state index is 9.67. The monoisotopic (exact) mass is 434 g/mol. The van der Waals surface area contributed by atoms with Gasteiger partial charge in [0.2, 0.25) is 0 Å². The number of allylic oxidation sites excluding steroid dienone is 1. The number of pyridine rings is 3. The molecular formula is C22H12Cl2N4S. The van der Waals surface area contributed by atoms with Crippen LogP contribution in [0.25, 0.3) is 28.4 Å². The standard InChI is InChI=1S/C22H12Cl2N4S/c23-18-9-19(24)11-20(10-18)28-21-14(3-2-6-27-21)7-16(22(28)29)8-17(12-25)15-4-1-5-26-13-15/h1-11,13H. The van der Waals surface area contributed by atoms with Crippen LogP contribution in [0.15, 0.2) is 67.1 Å². The molecule has 4 aromatic rings. The third-order valence-corrected chi connectivity index (χ3v) is 5.14. The summed E-state index contributed by atoms with van der Waals surface area (Å²) in [6.45, 7) is 0. The van der Waals surface area contributed by atoms with Gasteiger partial charge >= 0.3 is 0 Å². The van der Waals surface area contributed by atoms with Crippen LogP contribution in [0, 0.1) is 16.0 Å². The lowest BCUT2D eigenvalue weighted by Gasteiger charge is -2.14. The molecule has 29 heavy (non-hydrogen) atoms. The summed E-state index contributed by atoms with van der Waals surface area (Å²) in [5.41, 5.74) is 3.26. The predicted octanol–water partition coefficient (Wildman–Crippen LogP) is 6.52. The zero-order valence-electron chi connectivity index (χ0n) is 14.9. The highest BCUT2D eigenvalue weighted by molar-refractivity contribution is 7.71. The van der Waals surface area contributed by atoms with Gasteiger partial charge in [-0.25, -0.2) is 4.98 Å². The largest absolute Gasteiger partial charge is 0.284 e. The molecule has 3 heterocycles. The van der Waals surface area contributed by atoms with Crippen molar-refractivity contribution >= 4 is 58.1 Å². The Morgan fingerprint density at radius 3 is 2.52 bits per heavy atom. The molecule has 0 bridgehead atoms. The summed E-state index contributed by atoms with van der Waals surface area (Å²) in [5.74, 6) is 0. The molecule has 0 spiro atoms. The molecule has 7 heteroatoms. The first-order valence-corrected chi connectivity index (χ1v) is 9.73. The van der Waals surface area contributed by atoms with Gasteiger partial charge in [0.1, 0.15) is 10.3 Å². The van der Waals surface area contributed by atoms with Gasteiger partial charge < -0.3 is 0 Å². The van der Waals surface area contributed by atoms with Crippen LogP contribution in [0.1, 0.15) is 11.1 Å². The van der Waals surface area contributed by atoms with E-state index in [2.05, 4.69) is 16.0 Å². The zero-order chi connectivity index (χ0) is 20.4. The molecule has 1 aromatic carbocycles. The van der Waals surface area contributed by atoms with Gasteiger partial charge in [-0.05, 0) is 48.5 Å². The Labute approximate surface area is 182 Å². The molecule has 0 atom stereocenters. The second-order valence-corrected chi connectivity index (χ2v) is 7.46. The zero-order valence-corrected chi connectivity index (χ0v) is 17.2. The van der Waals surface area contributed by atoms with Crippen molar-refractivity contribution in [3.8, 4) is 11.8 Å². The van der Waals surface area contributed by atoms with Crippen LogP contribution in [-0.2, 0) is 0 Å². The van der Waals surface area contributed by atoms with Crippen molar-refractivity contribution < 1.29 is 0 Å². The van der Waals surface area contributed by atoms with Crippen LogP contribution in [0.5, 0.6) is 0 Å². The molecule has 0 N–H and O–H groups in total. The maximum Gasteiger partial charge on any atom is 0.145 e. The van der Waals surface area contributed by atoms with Crippen molar-refractivity contribution in [2.24, 2.45) is 0 Å². The van der Waals surface area contributed by atoms with Crippen LogP contribution in [0.2, 0.25) is 10.0 Å². The molecular weight excluding hydrogens is 423 g/mol. The van der Waals surface area contributed by atoms with E-state index in [-0.39, 0.29) is 0 Å². The van der Waals surface area contributed by atoms with Gasteiger partial charge in [-0.1, -0.05) is 41.5 Å². The lowest BCUT2D eigenvalue weighted by molar-refractivity contribution is 1.04. The number of nitrogens with zero attached hydrogens (tertiary/aromatic N) is 4. The molecule has 0 unspecified atom stereocenters. The Balaban J connectivity index is 2.03. The van der Waals surface area contributed by atoms with Gasteiger partial charge in [-0.15, -0.1) is 0 Å². The molecule has 0 aliphatic heterocycles. The molecule has 0 saturated heterocycles. The van der Waals surface area contributed by atoms with Crippen molar-refractivity contribution in [2.75, 3.05) is 0 Å². The average molecular weight is 435 g/mol. The van der Waals surface area contributed by atoms with Gasteiger partial charge in [-0.3, -0.25) is 9.55 Å². The fraction of sp³-hybridized carbons (Fsp3) is 0. The summed E-state index contributed by atoms with van der Waals surface area (Å²) in [6, 6.07) is 16.8. The van der Waals surface area contributed by atoms with Gasteiger partial charge in [0.05, 0.1) is 17.3 Å². The van der Waals surface area contributed by atoms with Gasteiger partial charge in [0, 0.05) is 45.1 Å². The second-order valence-electron chi connectivity index (χ2n) is 6.20. The molecule has 4 nitrogen and oxygen atoms in total. The first-order valence-electron chi connectivity index (χ1n) is 8.56. The second kappa shape index (κ2) is 8.14. The minimum atomic E-state index is 0.461. The summed E-state index contributed by atoms with van der Waals surface area (Å²) in [7, 11) is 0. The van der Waals surface area contributed by atoms with Crippen LogP contribution in [0.4, 0.5) is 0 Å². The summed E-state index contributed by atoms with van der Waals surface area (Å²) < 4.78 is 2.30. The number of benzene rings is 1. The highest BCUT2D eigenvalue weighted by Crippen LogP contribution is 2.28. The Hall–Kier alpha value is -3.04. The molecule has 0 amide bonds. The van der Waals surface area contributed by atoms with E-state index in [1.165, 1.54) is 0 Å². The SMILES string of the molecule is N#CC(=Cc1cc2cccnc2n(-c2cc(Cl)cc(Cl)c2)c1=S)c1cccnc1. The Morgan fingerprint density at radius 2 is 1.83 bits per heavy atom. The smallest absolute Gasteiger partial charge is 0.145 e. The summed E-state index contributed by atoms with van der Waals surface area (Å²) in [4.78, 5) is 8.58. The highest BCUT2D eigenvalue weighted by atomic mass is 35.5. The van der Waals surface area contributed by atoms with Crippen LogP contribution in [-0.4, -0.2) is 14.5 Å². The van der Waals surface area contributed by atoms with Crippen LogP contribution in [0.3, 0.4) is 0 Å². The number of hydrogen-bond donors (Lipinski definition) is 0. The van der Waals surface area contributed by atoms with E-state index in [4.69, 9.17) is 35.4 Å². The van der Waals surface area contributed by atoms with Gasteiger partial charge in [-0.2, -0.15) is 5.26 Å². The van der Waals surface area contributed by atoms with Gasteiger partial charge in [0.15, 0.2) is 0 Å². The Kier molecular flexibility index (Phi) is 5.41. The van der Waals surface area contributed by atoms with Crippen molar-refractivity contribution in [2.45, 2.75) is 0 Å². The lowest BCUT2D eigenvalue weighted by Crippen LogP contribution is -2.03. The Bertz CT molecular complexity index is 1330. The summed E-state index contributed by atoms with van der Waals surface area (Å²) >= 11 is 18.2. The molecule has 140 valence electrons. The third kappa shape index (κ3) is 3.92. The topological polar surface area (TPSA) is 54.5 Å². The molecule has 4 rings (SSSR count). The number of hydrogen-bond acceptors (Lipinski definition) is 4. The maximum absolute atomic E-state index is 9.67. The van der Waals surface area contributed by atoms with Crippen LogP contribution < -0.4 is 0 Å². The van der Waals surface area contributed by atoms with E-state index in [1.54, 1.807) is 48.9 Å². The number of aromatic nitrogens is 3. The van der Waals surface area contributed by atoms with Crippen molar-refractivity contribution in [3.63, 3.8) is 0 Å². The molecule has 0 aliphatic rings. The molecule has 0 fully saturated rings. The van der Waals surface area contributed by atoms with Crippen molar-refractivity contribution in [1.29, 1.82) is 5.26 Å². The highest BCUT2D eigenvalue weighted by Gasteiger charge is 2.11. The minimum Gasteiger partial charge on any atom is -0.284 e. The van der Waals surface area contributed by atoms with E-state index in [0.717, 1.165) is 5.39 Å². The van der Waals surface area contributed by atoms with E-state index in [0.29, 0.717) is 42.7 Å². The number of rotatable bonds is 3. The Morgan fingerprint density at radius 1 is 1.07 bits per heavy atom. The first-order chi connectivity index (χ1) is 14.1. The van der Waals surface area contributed by atoms with E-state index < -0.39 is 0 Å². The predicted molar refractivity (Wildman–Crippen MR) is 120 cm³/mol. The van der Waals surface area contributed by atoms with E-state index in [9.17, 15) is 5.26 Å². The third-order valence-electron chi connectivity index (χ3n) is 4.29. The summed E-state index contributed by atoms with van der Waals surface area (Å²) in [5, 5.41) is 11.5. The number of nitriles is 1. The van der Waals surface area contributed by atoms with E-state index in [1.807, 2.05) is 28.8 Å². The minimum absolute atomic E-state index is 0.461. The number of fused-ring (bicyclic) bond motifs is 1. The first kappa shape index (κ1) is 19.3. The van der Waals surface area contributed by atoms with Crippen LogP contribution >= 0.6 is 35.4 Å². The average Bonchev–Trinajstić information content (AvgIpc) is 2.72. The van der Waals surface area contributed by atoms with Gasteiger partial charge in [0.25, 0.3) is 0 Å². The molecule has 3 aromatic heterocycles. The quantitative estimate of drug-likeness (QED) is 0.272. The molecule has 0 aliphatic carbocycles. The fourth-order valence-corrected chi connectivity index (χ4v) is 3.86. The lowest BCUT2D eigenvalue weighted by atomic mass is 10.1. The molecule has 0 radical (unpaired) electrons.